The standard InChI is InChI=1S/C13H24O2/c1-11(2)7-6-8-13(5)14-9-12(3,4)10-15-13/h7H,6,8-10H2,1-5H3. The number of hydrogen-bond donors (Lipinski definition) is 0. The van der Waals surface area contributed by atoms with Crippen molar-refractivity contribution in [2.45, 2.75) is 53.2 Å². The monoisotopic (exact) mass is 212 g/mol. The van der Waals surface area contributed by atoms with Crippen LogP contribution in [0.15, 0.2) is 11.6 Å². The van der Waals surface area contributed by atoms with Crippen molar-refractivity contribution < 1.29 is 9.47 Å². The third-order valence-electron chi connectivity index (χ3n) is 2.69. The van der Waals surface area contributed by atoms with E-state index in [0.29, 0.717) is 0 Å². The van der Waals surface area contributed by atoms with Crippen molar-refractivity contribution in [3.05, 3.63) is 11.6 Å². The molecular formula is C13H24O2. The van der Waals surface area contributed by atoms with Crippen molar-refractivity contribution in [3.63, 3.8) is 0 Å². The van der Waals surface area contributed by atoms with Crippen LogP contribution in [0.25, 0.3) is 0 Å². The van der Waals surface area contributed by atoms with E-state index >= 15 is 0 Å². The Morgan fingerprint density at radius 3 is 2.13 bits per heavy atom. The molecule has 1 saturated heterocycles. The molecule has 1 fully saturated rings. The zero-order valence-corrected chi connectivity index (χ0v) is 10.7. The summed E-state index contributed by atoms with van der Waals surface area (Å²) in [4.78, 5) is 0. The van der Waals surface area contributed by atoms with Crippen LogP contribution in [0.2, 0.25) is 0 Å². The summed E-state index contributed by atoms with van der Waals surface area (Å²) < 4.78 is 11.6. The second-order valence-corrected chi connectivity index (χ2v) is 5.70. The molecule has 0 atom stereocenters. The van der Waals surface area contributed by atoms with Crippen LogP contribution in [0.4, 0.5) is 0 Å². The van der Waals surface area contributed by atoms with Gasteiger partial charge in [-0.15, -0.1) is 0 Å². The zero-order chi connectivity index (χ0) is 11.5. The molecule has 0 unspecified atom stereocenters. The van der Waals surface area contributed by atoms with Crippen LogP contribution in [-0.2, 0) is 9.47 Å². The van der Waals surface area contributed by atoms with Gasteiger partial charge >= 0.3 is 0 Å². The summed E-state index contributed by atoms with van der Waals surface area (Å²) in [6.45, 7) is 12.2. The first kappa shape index (κ1) is 12.7. The lowest BCUT2D eigenvalue weighted by Crippen LogP contribution is -2.45. The van der Waals surface area contributed by atoms with Crippen molar-refractivity contribution in [1.82, 2.24) is 0 Å². The fourth-order valence-corrected chi connectivity index (χ4v) is 1.55. The fraction of sp³-hybridized carbons (Fsp3) is 0.846. The lowest BCUT2D eigenvalue weighted by atomic mass is 9.94. The van der Waals surface area contributed by atoms with Crippen molar-refractivity contribution in [2.24, 2.45) is 5.41 Å². The van der Waals surface area contributed by atoms with Crippen LogP contribution < -0.4 is 0 Å². The van der Waals surface area contributed by atoms with Crippen LogP contribution in [0.1, 0.15) is 47.5 Å². The van der Waals surface area contributed by atoms with E-state index in [-0.39, 0.29) is 11.2 Å². The molecule has 15 heavy (non-hydrogen) atoms. The minimum Gasteiger partial charge on any atom is -0.350 e. The van der Waals surface area contributed by atoms with E-state index in [1.54, 1.807) is 0 Å². The van der Waals surface area contributed by atoms with Gasteiger partial charge in [-0.25, -0.2) is 0 Å². The molecule has 2 heteroatoms. The van der Waals surface area contributed by atoms with Crippen LogP contribution in [-0.4, -0.2) is 19.0 Å². The van der Waals surface area contributed by atoms with E-state index in [9.17, 15) is 0 Å². The number of hydrogen-bond acceptors (Lipinski definition) is 2. The predicted molar refractivity (Wildman–Crippen MR) is 62.8 cm³/mol. The van der Waals surface area contributed by atoms with Gasteiger partial charge in [0, 0.05) is 11.8 Å². The van der Waals surface area contributed by atoms with Crippen molar-refractivity contribution >= 4 is 0 Å². The highest BCUT2D eigenvalue weighted by molar-refractivity contribution is 4.93. The summed E-state index contributed by atoms with van der Waals surface area (Å²) in [6, 6.07) is 0. The summed E-state index contributed by atoms with van der Waals surface area (Å²) >= 11 is 0. The van der Waals surface area contributed by atoms with Crippen LogP contribution in [0.3, 0.4) is 0 Å². The summed E-state index contributed by atoms with van der Waals surface area (Å²) in [5.74, 6) is -0.374. The van der Waals surface area contributed by atoms with Crippen molar-refractivity contribution in [1.29, 1.82) is 0 Å². The van der Waals surface area contributed by atoms with Crippen molar-refractivity contribution in [2.75, 3.05) is 13.2 Å². The first-order valence-electron chi connectivity index (χ1n) is 5.74. The quantitative estimate of drug-likeness (QED) is 0.666. The summed E-state index contributed by atoms with van der Waals surface area (Å²) in [5, 5.41) is 0. The Morgan fingerprint density at radius 1 is 1.13 bits per heavy atom. The Hall–Kier alpha value is -0.340. The molecule has 1 rings (SSSR count). The topological polar surface area (TPSA) is 18.5 Å². The highest BCUT2D eigenvalue weighted by Crippen LogP contribution is 2.31. The average molecular weight is 212 g/mol. The zero-order valence-electron chi connectivity index (χ0n) is 10.7. The molecule has 0 radical (unpaired) electrons. The minimum absolute atomic E-state index is 0.163. The van der Waals surface area contributed by atoms with E-state index in [1.165, 1.54) is 5.57 Å². The molecule has 0 spiro atoms. The molecule has 88 valence electrons. The lowest BCUT2D eigenvalue weighted by Gasteiger charge is -2.41. The SMILES string of the molecule is CC(C)=CCCC1(C)OCC(C)(C)CO1. The molecule has 0 N–H and O–H groups in total. The van der Waals surface area contributed by atoms with E-state index in [0.717, 1.165) is 26.1 Å². The average Bonchev–Trinajstić information content (AvgIpc) is 2.11. The van der Waals surface area contributed by atoms with Gasteiger partial charge in [0.2, 0.25) is 0 Å². The number of rotatable bonds is 3. The van der Waals surface area contributed by atoms with Crippen LogP contribution >= 0.6 is 0 Å². The molecule has 0 aromatic carbocycles. The van der Waals surface area contributed by atoms with Gasteiger partial charge < -0.3 is 9.47 Å². The van der Waals surface area contributed by atoms with Gasteiger partial charge in [0.25, 0.3) is 0 Å². The molecule has 1 aliphatic heterocycles. The summed E-state index contributed by atoms with van der Waals surface area (Å²) in [6.07, 6.45) is 4.20. The molecule has 0 aliphatic carbocycles. The Kier molecular flexibility index (Phi) is 3.96. The minimum atomic E-state index is -0.374. The molecule has 0 aromatic rings. The Labute approximate surface area is 93.7 Å². The second-order valence-electron chi connectivity index (χ2n) is 5.70. The smallest absolute Gasteiger partial charge is 0.165 e. The largest absolute Gasteiger partial charge is 0.350 e. The first-order chi connectivity index (χ1) is 6.83. The maximum absolute atomic E-state index is 5.81. The molecule has 0 amide bonds. The van der Waals surface area contributed by atoms with Gasteiger partial charge in [-0.3, -0.25) is 0 Å². The van der Waals surface area contributed by atoms with E-state index < -0.39 is 0 Å². The van der Waals surface area contributed by atoms with Gasteiger partial charge in [-0.2, -0.15) is 0 Å². The molecule has 0 aromatic heterocycles. The molecular weight excluding hydrogens is 188 g/mol. The third-order valence-corrected chi connectivity index (χ3v) is 2.69. The number of ether oxygens (including phenoxy) is 2. The third kappa shape index (κ3) is 4.35. The van der Waals surface area contributed by atoms with E-state index in [2.05, 4.69) is 33.8 Å². The molecule has 0 bridgehead atoms. The molecule has 1 heterocycles. The maximum Gasteiger partial charge on any atom is 0.165 e. The predicted octanol–water partition coefficient (Wildman–Crippen LogP) is 3.52. The Bertz CT molecular complexity index is 227. The summed E-state index contributed by atoms with van der Waals surface area (Å²) in [5.41, 5.74) is 1.52. The second kappa shape index (κ2) is 4.67. The Morgan fingerprint density at radius 2 is 1.67 bits per heavy atom. The molecule has 0 saturated carbocycles. The normalized spacial score (nSPS) is 23.5. The Balaban J connectivity index is 2.38. The van der Waals surface area contributed by atoms with Gasteiger partial charge in [-0.1, -0.05) is 25.5 Å². The highest BCUT2D eigenvalue weighted by atomic mass is 16.7. The highest BCUT2D eigenvalue weighted by Gasteiger charge is 2.35. The number of allylic oxidation sites excluding steroid dienone is 2. The van der Waals surface area contributed by atoms with Gasteiger partial charge in [-0.05, 0) is 27.2 Å². The van der Waals surface area contributed by atoms with Crippen LogP contribution in [0, 0.1) is 5.41 Å². The molecule has 2 nitrogen and oxygen atoms in total. The van der Waals surface area contributed by atoms with Gasteiger partial charge in [0.1, 0.15) is 0 Å². The maximum atomic E-state index is 5.81. The van der Waals surface area contributed by atoms with Crippen molar-refractivity contribution in [3.8, 4) is 0 Å². The fourth-order valence-electron chi connectivity index (χ4n) is 1.55. The molecule has 1 aliphatic rings. The lowest BCUT2D eigenvalue weighted by molar-refractivity contribution is -0.291. The first-order valence-corrected chi connectivity index (χ1v) is 5.74. The van der Waals surface area contributed by atoms with Gasteiger partial charge in [0.05, 0.1) is 13.2 Å². The van der Waals surface area contributed by atoms with E-state index in [1.807, 2.05) is 6.92 Å². The van der Waals surface area contributed by atoms with E-state index in [4.69, 9.17) is 9.47 Å². The summed E-state index contributed by atoms with van der Waals surface area (Å²) in [7, 11) is 0. The van der Waals surface area contributed by atoms with Gasteiger partial charge in [0.15, 0.2) is 5.79 Å². The van der Waals surface area contributed by atoms with Crippen LogP contribution in [0.5, 0.6) is 0 Å².